The van der Waals surface area contributed by atoms with Crippen LogP contribution < -0.4 is 0 Å². The van der Waals surface area contributed by atoms with Crippen molar-refractivity contribution in [2.24, 2.45) is 0 Å². The molecule has 0 fully saturated rings. The fraction of sp³-hybridized carbons (Fsp3) is 0.417. The highest BCUT2D eigenvalue weighted by Crippen LogP contribution is 2.30. The first-order valence-electron chi connectivity index (χ1n) is 4.89. The van der Waals surface area contributed by atoms with E-state index in [0.717, 1.165) is 11.1 Å². The summed E-state index contributed by atoms with van der Waals surface area (Å²) in [5.41, 5.74) is 2.73. The van der Waals surface area contributed by atoms with Gasteiger partial charge in [0.1, 0.15) is 0 Å². The first-order valence-corrected chi connectivity index (χ1v) is 4.89. The zero-order valence-electron chi connectivity index (χ0n) is 9.94. The molecule has 1 aromatic carbocycles. The maximum Gasteiger partial charge on any atom is 0.358 e. The Balaban J connectivity index is 3.30. The van der Waals surface area contributed by atoms with Crippen molar-refractivity contribution in [1.82, 2.24) is 0 Å². The van der Waals surface area contributed by atoms with Crippen molar-refractivity contribution in [1.29, 1.82) is 0 Å². The average molecular weight is 224 g/mol. The predicted octanol–water partition coefficient (Wildman–Crippen LogP) is 1.88. The van der Waals surface area contributed by atoms with E-state index in [1.165, 1.54) is 14.2 Å². The minimum absolute atomic E-state index is 0.314. The van der Waals surface area contributed by atoms with Crippen LogP contribution in [0.5, 0.6) is 0 Å². The van der Waals surface area contributed by atoms with Crippen LogP contribution in [0.25, 0.3) is 0 Å². The maximum absolute atomic E-state index is 10.5. The summed E-state index contributed by atoms with van der Waals surface area (Å²) in [6.07, 6.45) is 0. The van der Waals surface area contributed by atoms with Crippen LogP contribution in [0, 0.1) is 13.8 Å². The van der Waals surface area contributed by atoms with Gasteiger partial charge in [0.05, 0.1) is 5.56 Å². The Morgan fingerprint density at radius 3 is 2.31 bits per heavy atom. The summed E-state index contributed by atoms with van der Waals surface area (Å²) in [7, 11) is 2.85. The van der Waals surface area contributed by atoms with E-state index >= 15 is 0 Å². The Hall–Kier alpha value is -1.39. The topological polar surface area (TPSA) is 44.8 Å². The van der Waals surface area contributed by atoms with Crippen molar-refractivity contribution in [3.63, 3.8) is 0 Å². The smallest absolute Gasteiger partial charge is 0.358 e. The van der Waals surface area contributed by atoms with E-state index in [-0.39, 0.29) is 0 Å². The lowest BCUT2D eigenvalue weighted by Crippen LogP contribution is -2.34. The molecule has 4 nitrogen and oxygen atoms in total. The van der Waals surface area contributed by atoms with E-state index in [2.05, 4.69) is 0 Å². The third-order valence-corrected chi connectivity index (χ3v) is 2.68. The molecular formula is C12H16O4. The van der Waals surface area contributed by atoms with Crippen LogP contribution in [0.15, 0.2) is 18.2 Å². The maximum atomic E-state index is 10.5. The number of hydrogen-bond donors (Lipinski definition) is 0. The molecule has 0 unspecified atom stereocenters. The second-order valence-electron chi connectivity index (χ2n) is 3.43. The molecule has 0 amide bonds. The molecule has 16 heavy (non-hydrogen) atoms. The molecule has 0 aromatic heterocycles. The summed E-state index contributed by atoms with van der Waals surface area (Å²) in [5.74, 6) is -1.46. The lowest BCUT2D eigenvalue weighted by Gasteiger charge is -2.29. The Morgan fingerprint density at radius 2 is 1.81 bits per heavy atom. The van der Waals surface area contributed by atoms with Gasteiger partial charge in [-0.1, -0.05) is 12.1 Å². The Bertz CT molecular complexity index is 369. The molecular weight excluding hydrogens is 208 g/mol. The van der Waals surface area contributed by atoms with E-state index in [9.17, 15) is 4.79 Å². The van der Waals surface area contributed by atoms with Crippen LogP contribution in [0.3, 0.4) is 0 Å². The molecule has 0 heterocycles. The third-order valence-electron chi connectivity index (χ3n) is 2.68. The van der Waals surface area contributed by atoms with Gasteiger partial charge in [-0.3, -0.25) is 4.79 Å². The van der Waals surface area contributed by atoms with Gasteiger partial charge in [-0.05, 0) is 31.0 Å². The zero-order chi connectivity index (χ0) is 12.2. The predicted molar refractivity (Wildman–Crippen MR) is 58.8 cm³/mol. The van der Waals surface area contributed by atoms with E-state index < -0.39 is 5.97 Å². The fourth-order valence-corrected chi connectivity index (χ4v) is 1.61. The molecule has 0 N–H and O–H groups in total. The van der Waals surface area contributed by atoms with Gasteiger partial charge in [0.2, 0.25) is 0 Å². The summed E-state index contributed by atoms with van der Waals surface area (Å²) in [5, 5.41) is 0. The molecule has 0 radical (unpaired) electrons. The lowest BCUT2D eigenvalue weighted by molar-refractivity contribution is -0.350. The van der Waals surface area contributed by atoms with Crippen molar-refractivity contribution in [3.8, 4) is 0 Å². The molecule has 0 aliphatic carbocycles. The van der Waals surface area contributed by atoms with Crippen molar-refractivity contribution in [2.75, 3.05) is 14.2 Å². The van der Waals surface area contributed by atoms with E-state index in [4.69, 9.17) is 14.2 Å². The summed E-state index contributed by atoms with van der Waals surface area (Å²) in [6.45, 7) is 4.20. The van der Waals surface area contributed by atoms with Gasteiger partial charge in [0.15, 0.2) is 0 Å². The Labute approximate surface area is 95.1 Å². The number of ether oxygens (including phenoxy) is 3. The summed E-state index contributed by atoms with van der Waals surface area (Å²) >= 11 is 0. The standard InChI is InChI=1S/C12H16O4/c1-9-6-5-7-11(10(9)2)12(14-3,15-4)16-8-13/h5-8H,1-4H3. The summed E-state index contributed by atoms with van der Waals surface area (Å²) in [4.78, 5) is 10.5. The normalized spacial score (nSPS) is 11.2. The van der Waals surface area contributed by atoms with Crippen molar-refractivity contribution in [3.05, 3.63) is 34.9 Å². The quantitative estimate of drug-likeness (QED) is 0.566. The molecule has 0 spiro atoms. The first kappa shape index (κ1) is 12.7. The summed E-state index contributed by atoms with van der Waals surface area (Å²) < 4.78 is 15.3. The van der Waals surface area contributed by atoms with E-state index in [1.54, 1.807) is 6.07 Å². The highest BCUT2D eigenvalue weighted by molar-refractivity contribution is 5.41. The molecule has 88 valence electrons. The molecule has 0 atom stereocenters. The van der Waals surface area contributed by atoms with Crippen molar-refractivity contribution in [2.45, 2.75) is 19.8 Å². The number of aryl methyl sites for hydroxylation is 1. The SMILES string of the molecule is COC(OC)(OC=O)c1cccc(C)c1C. The third kappa shape index (κ3) is 2.08. The van der Waals surface area contributed by atoms with Crippen LogP contribution in [0.2, 0.25) is 0 Å². The number of hydrogen-bond acceptors (Lipinski definition) is 4. The number of rotatable bonds is 5. The highest BCUT2D eigenvalue weighted by Gasteiger charge is 2.36. The van der Waals surface area contributed by atoms with Gasteiger partial charge >= 0.3 is 5.97 Å². The van der Waals surface area contributed by atoms with Crippen LogP contribution in [-0.4, -0.2) is 20.7 Å². The number of methoxy groups -OCH3 is 2. The van der Waals surface area contributed by atoms with Crippen molar-refractivity contribution < 1.29 is 19.0 Å². The second-order valence-corrected chi connectivity index (χ2v) is 3.43. The Morgan fingerprint density at radius 1 is 1.19 bits per heavy atom. The fourth-order valence-electron chi connectivity index (χ4n) is 1.61. The summed E-state index contributed by atoms with van der Waals surface area (Å²) in [6, 6.07) is 5.63. The monoisotopic (exact) mass is 224 g/mol. The van der Waals surface area contributed by atoms with Crippen LogP contribution in [-0.2, 0) is 25.0 Å². The number of carbonyl (C=O) groups excluding carboxylic acids is 1. The first-order chi connectivity index (χ1) is 7.61. The molecule has 1 aromatic rings. The van der Waals surface area contributed by atoms with Gasteiger partial charge in [0.25, 0.3) is 6.47 Å². The Kier molecular flexibility index (Phi) is 4.04. The van der Waals surface area contributed by atoms with E-state index in [1.807, 2.05) is 26.0 Å². The van der Waals surface area contributed by atoms with Gasteiger partial charge in [-0.25, -0.2) is 0 Å². The van der Waals surface area contributed by atoms with Gasteiger partial charge in [-0.2, -0.15) is 0 Å². The highest BCUT2D eigenvalue weighted by atomic mass is 16.9. The van der Waals surface area contributed by atoms with Crippen molar-refractivity contribution >= 4 is 6.47 Å². The molecule has 4 heteroatoms. The average Bonchev–Trinajstić information content (AvgIpc) is 2.30. The second kappa shape index (κ2) is 5.09. The molecule has 1 rings (SSSR count). The molecule has 0 aliphatic rings. The van der Waals surface area contributed by atoms with Gasteiger partial charge < -0.3 is 14.2 Å². The van der Waals surface area contributed by atoms with Crippen LogP contribution in [0.4, 0.5) is 0 Å². The molecule has 0 saturated heterocycles. The number of carbonyl (C=O) groups is 1. The minimum Gasteiger partial charge on any atom is -0.406 e. The van der Waals surface area contributed by atoms with Crippen LogP contribution >= 0.6 is 0 Å². The molecule has 0 saturated carbocycles. The largest absolute Gasteiger partial charge is 0.406 e. The van der Waals surface area contributed by atoms with Crippen LogP contribution in [0.1, 0.15) is 16.7 Å². The van der Waals surface area contributed by atoms with Gasteiger partial charge in [0, 0.05) is 14.2 Å². The number of benzene rings is 1. The van der Waals surface area contributed by atoms with E-state index in [0.29, 0.717) is 12.0 Å². The van der Waals surface area contributed by atoms with Gasteiger partial charge in [-0.15, -0.1) is 0 Å². The minimum atomic E-state index is -1.46. The molecule has 0 bridgehead atoms. The zero-order valence-corrected chi connectivity index (χ0v) is 9.94. The molecule has 0 aliphatic heterocycles. The lowest BCUT2D eigenvalue weighted by atomic mass is 10.0.